The highest BCUT2D eigenvalue weighted by Crippen LogP contribution is 2.24. The lowest BCUT2D eigenvalue weighted by molar-refractivity contribution is 0.156. The SMILES string of the molecule is C[C@@H](c1nccs1)N(C)[C@@H]1CCCNC1. The van der Waals surface area contributed by atoms with Gasteiger partial charge in [-0.15, -0.1) is 11.3 Å². The lowest BCUT2D eigenvalue weighted by Gasteiger charge is -2.35. The molecule has 0 aliphatic carbocycles. The Morgan fingerprint density at radius 3 is 3.13 bits per heavy atom. The summed E-state index contributed by atoms with van der Waals surface area (Å²) in [4.78, 5) is 6.84. The number of nitrogens with zero attached hydrogens (tertiary/aromatic N) is 2. The van der Waals surface area contributed by atoms with Crippen LogP contribution in [0.25, 0.3) is 0 Å². The van der Waals surface area contributed by atoms with Crippen LogP contribution in [0.3, 0.4) is 0 Å². The van der Waals surface area contributed by atoms with Gasteiger partial charge in [0.25, 0.3) is 0 Å². The van der Waals surface area contributed by atoms with E-state index in [1.54, 1.807) is 11.3 Å². The molecule has 15 heavy (non-hydrogen) atoms. The van der Waals surface area contributed by atoms with E-state index < -0.39 is 0 Å². The Bertz CT molecular complexity index is 280. The van der Waals surface area contributed by atoms with Crippen molar-refractivity contribution in [3.8, 4) is 0 Å². The number of aromatic nitrogens is 1. The fourth-order valence-corrected chi connectivity index (χ4v) is 2.86. The van der Waals surface area contributed by atoms with E-state index >= 15 is 0 Å². The first kappa shape index (κ1) is 11.0. The zero-order chi connectivity index (χ0) is 10.7. The molecule has 0 radical (unpaired) electrons. The minimum atomic E-state index is 0.440. The maximum Gasteiger partial charge on any atom is 0.109 e. The molecular weight excluding hydrogens is 206 g/mol. The van der Waals surface area contributed by atoms with Gasteiger partial charge in [-0.25, -0.2) is 4.98 Å². The van der Waals surface area contributed by atoms with Gasteiger partial charge < -0.3 is 5.32 Å². The summed E-state index contributed by atoms with van der Waals surface area (Å²) in [6.45, 7) is 4.54. The lowest BCUT2D eigenvalue weighted by atomic mass is 10.1. The minimum absolute atomic E-state index is 0.440. The Hall–Kier alpha value is -0.450. The molecule has 1 saturated heterocycles. The van der Waals surface area contributed by atoms with Crippen molar-refractivity contribution in [2.45, 2.75) is 31.8 Å². The van der Waals surface area contributed by atoms with Crippen LogP contribution in [0.4, 0.5) is 0 Å². The molecule has 1 fully saturated rings. The average Bonchev–Trinajstić information content (AvgIpc) is 2.82. The predicted octanol–water partition coefficient (Wildman–Crippen LogP) is 1.89. The van der Waals surface area contributed by atoms with Crippen molar-refractivity contribution >= 4 is 11.3 Å². The monoisotopic (exact) mass is 225 g/mol. The van der Waals surface area contributed by atoms with Gasteiger partial charge in [0.2, 0.25) is 0 Å². The van der Waals surface area contributed by atoms with Crippen molar-refractivity contribution in [1.82, 2.24) is 15.2 Å². The van der Waals surface area contributed by atoms with Gasteiger partial charge >= 0.3 is 0 Å². The minimum Gasteiger partial charge on any atom is -0.315 e. The first-order valence-corrected chi connectivity index (χ1v) is 6.49. The summed E-state index contributed by atoms with van der Waals surface area (Å²) in [5, 5.41) is 6.74. The van der Waals surface area contributed by atoms with E-state index in [-0.39, 0.29) is 0 Å². The summed E-state index contributed by atoms with van der Waals surface area (Å²) in [6.07, 6.45) is 4.49. The number of thiazole rings is 1. The van der Waals surface area contributed by atoms with Crippen molar-refractivity contribution in [2.75, 3.05) is 20.1 Å². The van der Waals surface area contributed by atoms with Gasteiger partial charge in [0.15, 0.2) is 0 Å². The van der Waals surface area contributed by atoms with Gasteiger partial charge in [-0.2, -0.15) is 0 Å². The second kappa shape index (κ2) is 5.05. The summed E-state index contributed by atoms with van der Waals surface area (Å²) in [5.41, 5.74) is 0. The van der Waals surface area contributed by atoms with Gasteiger partial charge in [0.1, 0.15) is 5.01 Å². The maximum absolute atomic E-state index is 4.39. The maximum atomic E-state index is 4.39. The summed E-state index contributed by atoms with van der Waals surface area (Å²) in [6, 6.07) is 1.10. The van der Waals surface area contributed by atoms with Crippen LogP contribution >= 0.6 is 11.3 Å². The molecule has 3 nitrogen and oxygen atoms in total. The Kier molecular flexibility index (Phi) is 3.72. The molecular formula is C11H19N3S. The molecule has 1 aliphatic heterocycles. The molecule has 84 valence electrons. The first-order valence-electron chi connectivity index (χ1n) is 5.61. The molecule has 2 heterocycles. The zero-order valence-electron chi connectivity index (χ0n) is 9.44. The Morgan fingerprint density at radius 2 is 2.53 bits per heavy atom. The van der Waals surface area contributed by atoms with Crippen LogP contribution in [0.1, 0.15) is 30.8 Å². The highest BCUT2D eigenvalue weighted by molar-refractivity contribution is 7.09. The molecule has 0 saturated carbocycles. The second-order valence-electron chi connectivity index (χ2n) is 4.21. The first-order chi connectivity index (χ1) is 7.29. The number of hydrogen-bond donors (Lipinski definition) is 1. The van der Waals surface area contributed by atoms with Crippen LogP contribution in [0, 0.1) is 0 Å². The summed E-state index contributed by atoms with van der Waals surface area (Å²) in [5.74, 6) is 0. The molecule has 0 unspecified atom stereocenters. The Morgan fingerprint density at radius 1 is 1.67 bits per heavy atom. The van der Waals surface area contributed by atoms with Crippen LogP contribution < -0.4 is 5.32 Å². The number of likely N-dealkylation sites (N-methyl/N-ethyl adjacent to an activating group) is 1. The van der Waals surface area contributed by atoms with Crippen LogP contribution in [0.15, 0.2) is 11.6 Å². The van der Waals surface area contributed by atoms with Crippen molar-refractivity contribution in [3.63, 3.8) is 0 Å². The van der Waals surface area contributed by atoms with Crippen LogP contribution in [-0.4, -0.2) is 36.1 Å². The molecule has 2 atom stereocenters. The third-order valence-electron chi connectivity index (χ3n) is 3.27. The molecule has 1 aromatic rings. The summed E-state index contributed by atoms with van der Waals surface area (Å²) >= 11 is 1.75. The average molecular weight is 225 g/mol. The fraction of sp³-hybridized carbons (Fsp3) is 0.727. The molecule has 2 rings (SSSR count). The van der Waals surface area contributed by atoms with Gasteiger partial charge in [0, 0.05) is 24.2 Å². The van der Waals surface area contributed by atoms with E-state index in [1.807, 2.05) is 6.20 Å². The standard InChI is InChI=1S/C11H19N3S/c1-9(11-13-6-7-15-11)14(2)10-4-3-5-12-8-10/h6-7,9-10,12H,3-5,8H2,1-2H3/t9-,10+/m0/s1. The number of nitrogens with one attached hydrogen (secondary N) is 1. The van der Waals surface area contributed by atoms with E-state index in [4.69, 9.17) is 0 Å². The number of hydrogen-bond acceptors (Lipinski definition) is 4. The third-order valence-corrected chi connectivity index (χ3v) is 4.21. The van der Waals surface area contributed by atoms with Crippen molar-refractivity contribution in [3.05, 3.63) is 16.6 Å². The molecule has 0 amide bonds. The van der Waals surface area contributed by atoms with E-state index in [2.05, 4.69) is 34.6 Å². The molecule has 1 aromatic heterocycles. The third kappa shape index (κ3) is 2.56. The van der Waals surface area contributed by atoms with Crippen LogP contribution in [-0.2, 0) is 0 Å². The smallest absolute Gasteiger partial charge is 0.109 e. The summed E-state index contributed by atoms with van der Waals surface area (Å²) in [7, 11) is 2.21. The number of rotatable bonds is 3. The van der Waals surface area contributed by atoms with Crippen molar-refractivity contribution < 1.29 is 0 Å². The van der Waals surface area contributed by atoms with E-state index in [0.717, 1.165) is 6.54 Å². The second-order valence-corrected chi connectivity index (χ2v) is 5.14. The van der Waals surface area contributed by atoms with Gasteiger partial charge in [-0.3, -0.25) is 4.90 Å². The van der Waals surface area contributed by atoms with Crippen LogP contribution in [0.5, 0.6) is 0 Å². The largest absolute Gasteiger partial charge is 0.315 e. The Labute approximate surface area is 95.5 Å². The fourth-order valence-electron chi connectivity index (χ4n) is 2.11. The van der Waals surface area contributed by atoms with Crippen LogP contribution in [0.2, 0.25) is 0 Å². The van der Waals surface area contributed by atoms with Gasteiger partial charge in [-0.05, 0) is 33.4 Å². The van der Waals surface area contributed by atoms with Crippen molar-refractivity contribution in [1.29, 1.82) is 0 Å². The predicted molar refractivity (Wildman–Crippen MR) is 64.2 cm³/mol. The highest BCUT2D eigenvalue weighted by atomic mass is 32.1. The van der Waals surface area contributed by atoms with E-state index in [0.29, 0.717) is 12.1 Å². The summed E-state index contributed by atoms with van der Waals surface area (Å²) < 4.78 is 0. The molecule has 1 N–H and O–H groups in total. The zero-order valence-corrected chi connectivity index (χ0v) is 10.3. The molecule has 1 aliphatic rings. The van der Waals surface area contributed by atoms with Gasteiger partial charge in [-0.1, -0.05) is 0 Å². The highest BCUT2D eigenvalue weighted by Gasteiger charge is 2.23. The van der Waals surface area contributed by atoms with E-state index in [9.17, 15) is 0 Å². The molecule has 0 bridgehead atoms. The van der Waals surface area contributed by atoms with Gasteiger partial charge in [0.05, 0.1) is 6.04 Å². The quantitative estimate of drug-likeness (QED) is 0.851. The van der Waals surface area contributed by atoms with Crippen molar-refractivity contribution in [2.24, 2.45) is 0 Å². The Balaban J connectivity index is 1.97. The molecule has 4 heteroatoms. The molecule has 0 spiro atoms. The topological polar surface area (TPSA) is 28.2 Å². The lowest BCUT2D eigenvalue weighted by Crippen LogP contribution is -2.45. The normalized spacial score (nSPS) is 24.3. The molecule has 0 aromatic carbocycles. The van der Waals surface area contributed by atoms with E-state index in [1.165, 1.54) is 24.4 Å². The number of piperidine rings is 1.